The number of benzene rings is 2. The molecular formula is C24H23FN2O3. The molecule has 0 atom stereocenters. The zero-order valence-corrected chi connectivity index (χ0v) is 16.9. The van der Waals surface area contributed by atoms with Crippen LogP contribution in [0.2, 0.25) is 0 Å². The maximum atomic E-state index is 12.9. The van der Waals surface area contributed by atoms with Gasteiger partial charge in [0.05, 0.1) is 7.11 Å². The van der Waals surface area contributed by atoms with Crippen molar-refractivity contribution < 1.29 is 18.7 Å². The zero-order chi connectivity index (χ0) is 21.1. The fraction of sp³-hybridized carbons (Fsp3) is 0.333. The van der Waals surface area contributed by atoms with Crippen LogP contribution in [0.1, 0.15) is 28.8 Å². The number of ether oxygens (including phenoxy) is 1. The van der Waals surface area contributed by atoms with Crippen LogP contribution in [0, 0.1) is 23.1 Å². The van der Waals surface area contributed by atoms with Crippen LogP contribution in [0.25, 0.3) is 0 Å². The molecule has 4 rings (SSSR count). The summed E-state index contributed by atoms with van der Waals surface area (Å²) >= 11 is 0. The molecule has 0 aliphatic carbocycles. The van der Waals surface area contributed by atoms with Crippen molar-refractivity contribution in [2.45, 2.75) is 12.8 Å². The van der Waals surface area contributed by atoms with Gasteiger partial charge >= 0.3 is 0 Å². The zero-order valence-electron chi connectivity index (χ0n) is 16.9. The smallest absolute Gasteiger partial charge is 0.298 e. The number of piperidine rings is 1. The third-order valence-electron chi connectivity index (χ3n) is 5.95. The normalized spacial score (nSPS) is 17.0. The lowest BCUT2D eigenvalue weighted by molar-refractivity contribution is -0.129. The molecule has 30 heavy (non-hydrogen) atoms. The average Bonchev–Trinajstić information content (AvgIpc) is 2.76. The summed E-state index contributed by atoms with van der Waals surface area (Å²) < 4.78 is 18.1. The second-order valence-electron chi connectivity index (χ2n) is 7.94. The molecule has 2 aromatic rings. The van der Waals surface area contributed by atoms with Gasteiger partial charge in [-0.2, -0.15) is 0 Å². The van der Waals surface area contributed by atoms with Gasteiger partial charge in [0.15, 0.2) is 0 Å². The van der Waals surface area contributed by atoms with E-state index < -0.39 is 0 Å². The Kier molecular flexibility index (Phi) is 5.45. The Hall–Kier alpha value is -3.33. The lowest BCUT2D eigenvalue weighted by atomic mass is 9.71. The van der Waals surface area contributed by atoms with E-state index in [0.717, 1.165) is 31.7 Å². The molecule has 2 aliphatic heterocycles. The number of nitrogens with zero attached hydrogens (tertiary/aromatic N) is 2. The minimum atomic E-state index is -0.326. The van der Waals surface area contributed by atoms with Crippen LogP contribution in [-0.2, 0) is 4.79 Å². The second kappa shape index (κ2) is 8.19. The van der Waals surface area contributed by atoms with Gasteiger partial charge in [-0.05, 0) is 61.4 Å². The quantitative estimate of drug-likeness (QED) is 0.721. The fourth-order valence-corrected chi connectivity index (χ4v) is 4.06. The minimum absolute atomic E-state index is 0.0342. The Morgan fingerprint density at radius 3 is 2.20 bits per heavy atom. The highest BCUT2D eigenvalue weighted by atomic mass is 19.1. The number of halogens is 1. The van der Waals surface area contributed by atoms with Gasteiger partial charge < -0.3 is 14.5 Å². The fourth-order valence-electron chi connectivity index (χ4n) is 4.06. The van der Waals surface area contributed by atoms with Crippen LogP contribution in [0.3, 0.4) is 0 Å². The van der Waals surface area contributed by atoms with Crippen LogP contribution >= 0.6 is 0 Å². The predicted octanol–water partition coefficient (Wildman–Crippen LogP) is 2.95. The highest BCUT2D eigenvalue weighted by Gasteiger charge is 2.47. The number of likely N-dealkylation sites (tertiary alicyclic amines) is 2. The molecule has 0 unspecified atom stereocenters. The third kappa shape index (κ3) is 4.16. The maximum Gasteiger partial charge on any atom is 0.298 e. The summed E-state index contributed by atoms with van der Waals surface area (Å²) in [6.07, 6.45) is 1.73. The molecule has 154 valence electrons. The first-order valence-corrected chi connectivity index (χ1v) is 9.98. The van der Waals surface area contributed by atoms with Gasteiger partial charge in [-0.25, -0.2) is 4.39 Å². The van der Waals surface area contributed by atoms with Gasteiger partial charge in [0.25, 0.3) is 11.8 Å². The van der Waals surface area contributed by atoms with Crippen LogP contribution in [0.15, 0.2) is 48.5 Å². The van der Waals surface area contributed by atoms with Crippen molar-refractivity contribution in [2.75, 3.05) is 33.3 Å². The SMILES string of the molecule is COc1ccc(C(=O)N2CC3(CCN(C(=O)C#Cc4ccc(F)cc4)CC3)C2)cc1. The first kappa shape index (κ1) is 20.0. The first-order chi connectivity index (χ1) is 14.5. The van der Waals surface area contributed by atoms with Gasteiger partial charge in [0.1, 0.15) is 11.6 Å². The second-order valence-corrected chi connectivity index (χ2v) is 7.94. The third-order valence-corrected chi connectivity index (χ3v) is 5.95. The Morgan fingerprint density at radius 2 is 1.60 bits per heavy atom. The predicted molar refractivity (Wildman–Crippen MR) is 110 cm³/mol. The molecular weight excluding hydrogens is 383 g/mol. The van der Waals surface area contributed by atoms with Crippen LogP contribution < -0.4 is 4.74 Å². The number of amides is 2. The van der Waals surface area contributed by atoms with E-state index in [1.54, 1.807) is 48.4 Å². The number of carbonyl (C=O) groups excluding carboxylic acids is 2. The molecule has 2 heterocycles. The van der Waals surface area contributed by atoms with Crippen LogP contribution in [0.4, 0.5) is 4.39 Å². The van der Waals surface area contributed by atoms with E-state index >= 15 is 0 Å². The van der Waals surface area contributed by atoms with Crippen molar-refractivity contribution in [3.63, 3.8) is 0 Å². The van der Waals surface area contributed by atoms with Crippen molar-refractivity contribution in [3.05, 3.63) is 65.5 Å². The first-order valence-electron chi connectivity index (χ1n) is 9.98. The molecule has 0 radical (unpaired) electrons. The highest BCUT2D eigenvalue weighted by molar-refractivity contribution is 5.95. The van der Waals surface area contributed by atoms with Gasteiger partial charge in [-0.3, -0.25) is 9.59 Å². The average molecular weight is 406 g/mol. The molecule has 1 spiro atoms. The summed E-state index contributed by atoms with van der Waals surface area (Å²) in [5.74, 6) is 5.67. The molecule has 6 heteroatoms. The summed E-state index contributed by atoms with van der Waals surface area (Å²) in [6.45, 7) is 2.73. The maximum absolute atomic E-state index is 12.9. The molecule has 5 nitrogen and oxygen atoms in total. The number of carbonyl (C=O) groups is 2. The van der Waals surface area contributed by atoms with Crippen molar-refractivity contribution in [2.24, 2.45) is 5.41 Å². The van der Waals surface area contributed by atoms with Gasteiger partial charge in [-0.15, -0.1) is 0 Å². The lowest BCUT2D eigenvalue weighted by Gasteiger charge is -2.53. The number of rotatable bonds is 2. The van der Waals surface area contributed by atoms with E-state index in [9.17, 15) is 14.0 Å². The number of hydrogen-bond donors (Lipinski definition) is 0. The van der Waals surface area contributed by atoms with Crippen molar-refractivity contribution >= 4 is 11.8 Å². The van der Waals surface area contributed by atoms with Crippen LogP contribution in [0.5, 0.6) is 5.75 Å². The van der Waals surface area contributed by atoms with Crippen LogP contribution in [-0.4, -0.2) is 54.9 Å². The number of hydrogen-bond acceptors (Lipinski definition) is 3. The molecule has 0 N–H and O–H groups in total. The molecule has 0 bridgehead atoms. The summed E-state index contributed by atoms with van der Waals surface area (Å²) in [5, 5.41) is 0. The van der Waals surface area contributed by atoms with E-state index in [-0.39, 0.29) is 23.0 Å². The highest BCUT2D eigenvalue weighted by Crippen LogP contribution is 2.41. The molecule has 2 fully saturated rings. The summed E-state index contributed by atoms with van der Waals surface area (Å²) in [6, 6.07) is 12.9. The number of methoxy groups -OCH3 is 1. The standard InChI is InChI=1S/C24H23FN2O3/c1-30-21-9-5-19(6-10-21)23(29)27-16-24(17-27)12-14-26(15-13-24)22(28)11-4-18-2-7-20(25)8-3-18/h2-3,5-10H,12-17H2,1H3. The molecule has 2 saturated heterocycles. The monoisotopic (exact) mass is 406 g/mol. The van der Waals surface area contributed by atoms with E-state index in [1.807, 2.05) is 4.90 Å². The summed E-state index contributed by atoms with van der Waals surface area (Å²) in [5.41, 5.74) is 1.38. The minimum Gasteiger partial charge on any atom is -0.497 e. The Bertz CT molecular complexity index is 989. The van der Waals surface area contributed by atoms with E-state index in [1.165, 1.54) is 12.1 Å². The van der Waals surface area contributed by atoms with E-state index in [2.05, 4.69) is 11.8 Å². The van der Waals surface area contributed by atoms with Crippen molar-refractivity contribution in [1.29, 1.82) is 0 Å². The van der Waals surface area contributed by atoms with E-state index in [0.29, 0.717) is 24.2 Å². The molecule has 0 aromatic heterocycles. The summed E-state index contributed by atoms with van der Waals surface area (Å²) in [7, 11) is 1.60. The molecule has 2 aromatic carbocycles. The Labute approximate surface area is 175 Å². The van der Waals surface area contributed by atoms with Crippen molar-refractivity contribution in [3.8, 4) is 17.6 Å². The topological polar surface area (TPSA) is 49.9 Å². The Balaban J connectivity index is 1.28. The van der Waals surface area contributed by atoms with Gasteiger partial charge in [0, 0.05) is 48.6 Å². The van der Waals surface area contributed by atoms with Gasteiger partial charge in [0.2, 0.25) is 0 Å². The van der Waals surface area contributed by atoms with Crippen molar-refractivity contribution in [1.82, 2.24) is 9.80 Å². The lowest BCUT2D eigenvalue weighted by Crippen LogP contribution is -2.62. The molecule has 2 amide bonds. The largest absolute Gasteiger partial charge is 0.497 e. The summed E-state index contributed by atoms with van der Waals surface area (Å²) in [4.78, 5) is 28.6. The molecule has 0 saturated carbocycles. The molecule has 2 aliphatic rings. The van der Waals surface area contributed by atoms with Gasteiger partial charge in [-0.1, -0.05) is 5.92 Å². The Morgan fingerprint density at radius 1 is 0.967 bits per heavy atom. The van der Waals surface area contributed by atoms with E-state index in [4.69, 9.17) is 4.74 Å².